The number of ether oxygens (including phenoxy) is 1. The molecule has 1 atom stereocenters. The number of para-hydroxylation sites is 2. The first kappa shape index (κ1) is 19.8. The van der Waals surface area contributed by atoms with Crippen LogP contribution >= 0.6 is 0 Å². The summed E-state index contributed by atoms with van der Waals surface area (Å²) in [5.74, 6) is 1.34. The van der Waals surface area contributed by atoms with Gasteiger partial charge in [-0.2, -0.15) is 9.20 Å². The normalized spacial score (nSPS) is 12.1. The summed E-state index contributed by atoms with van der Waals surface area (Å²) in [4.78, 5) is 0. The van der Waals surface area contributed by atoms with Crippen LogP contribution in [0.3, 0.4) is 0 Å². The molecule has 6 rings (SSSR count). The van der Waals surface area contributed by atoms with Gasteiger partial charge in [-0.3, -0.25) is 0 Å². The maximum absolute atomic E-state index is 5.29. The van der Waals surface area contributed by atoms with Crippen molar-refractivity contribution in [3.8, 4) is 11.4 Å². The van der Waals surface area contributed by atoms with Crippen LogP contribution < -0.4 is 10.1 Å². The molecule has 3 heterocycles. The smallest absolute Gasteiger partial charge is 0.185 e. The average Bonchev–Trinajstić information content (AvgIpc) is 3.58. The number of hydrogen-bond acceptors (Lipinski definition) is 8. The third-order valence-corrected chi connectivity index (χ3v) is 5.67. The van der Waals surface area contributed by atoms with E-state index in [-0.39, 0.29) is 0 Å². The van der Waals surface area contributed by atoms with Crippen molar-refractivity contribution >= 4 is 22.2 Å². The molecule has 10 nitrogen and oxygen atoms in total. The molecular formula is C24H19N9O. The van der Waals surface area contributed by atoms with Crippen LogP contribution in [0.5, 0.6) is 5.75 Å². The van der Waals surface area contributed by atoms with Crippen molar-refractivity contribution in [2.45, 2.75) is 6.04 Å². The van der Waals surface area contributed by atoms with Gasteiger partial charge in [-0.05, 0) is 69.4 Å². The summed E-state index contributed by atoms with van der Waals surface area (Å²) >= 11 is 0. The molecule has 0 aliphatic heterocycles. The molecule has 0 spiro atoms. The van der Waals surface area contributed by atoms with Gasteiger partial charge in [-0.1, -0.05) is 36.4 Å². The Morgan fingerprint density at radius 2 is 1.59 bits per heavy atom. The summed E-state index contributed by atoms with van der Waals surface area (Å²) in [7, 11) is 1.63. The van der Waals surface area contributed by atoms with E-state index < -0.39 is 6.04 Å². The molecule has 1 N–H and O–H groups in total. The van der Waals surface area contributed by atoms with E-state index in [4.69, 9.17) is 4.74 Å². The van der Waals surface area contributed by atoms with Gasteiger partial charge in [-0.15, -0.1) is 10.2 Å². The number of rotatable bonds is 6. The zero-order valence-corrected chi connectivity index (χ0v) is 18.1. The van der Waals surface area contributed by atoms with Gasteiger partial charge in [0.2, 0.25) is 0 Å². The molecule has 3 aromatic carbocycles. The van der Waals surface area contributed by atoms with Crippen molar-refractivity contribution in [3.63, 3.8) is 0 Å². The van der Waals surface area contributed by atoms with Crippen LogP contribution in [0.4, 0.5) is 5.69 Å². The minimum absolute atomic E-state index is 0.447. The second-order valence-electron chi connectivity index (χ2n) is 7.66. The molecule has 0 saturated carbocycles. The van der Waals surface area contributed by atoms with Crippen LogP contribution in [-0.4, -0.2) is 47.4 Å². The lowest BCUT2D eigenvalue weighted by molar-refractivity contribution is 0.414. The first-order chi connectivity index (χ1) is 16.8. The van der Waals surface area contributed by atoms with E-state index in [1.165, 1.54) is 0 Å². The van der Waals surface area contributed by atoms with Gasteiger partial charge in [0, 0.05) is 16.6 Å². The predicted octanol–water partition coefficient (Wildman–Crippen LogP) is 3.46. The molecule has 34 heavy (non-hydrogen) atoms. The molecule has 0 aliphatic carbocycles. The van der Waals surface area contributed by atoms with Gasteiger partial charge in [0.15, 0.2) is 11.5 Å². The van der Waals surface area contributed by atoms with Gasteiger partial charge in [-0.25, -0.2) is 0 Å². The number of benzene rings is 3. The van der Waals surface area contributed by atoms with Crippen LogP contribution in [0.15, 0.2) is 84.9 Å². The molecule has 0 amide bonds. The minimum atomic E-state index is -0.447. The number of nitrogens with zero attached hydrogens (tertiary/aromatic N) is 8. The number of nitrogens with one attached hydrogen (secondary N) is 1. The highest BCUT2D eigenvalue weighted by atomic mass is 16.5. The third-order valence-electron chi connectivity index (χ3n) is 5.67. The zero-order valence-electron chi connectivity index (χ0n) is 18.1. The Morgan fingerprint density at radius 1 is 0.824 bits per heavy atom. The first-order valence-electron chi connectivity index (χ1n) is 10.7. The Labute approximate surface area is 193 Å². The van der Waals surface area contributed by atoms with E-state index in [9.17, 15) is 0 Å². The summed E-state index contributed by atoms with van der Waals surface area (Å²) in [6, 6.07) is 27.1. The molecular weight excluding hydrogens is 430 g/mol. The van der Waals surface area contributed by atoms with Crippen LogP contribution in [0.2, 0.25) is 0 Å². The van der Waals surface area contributed by atoms with E-state index in [0.717, 1.165) is 33.6 Å². The summed E-state index contributed by atoms with van der Waals surface area (Å²) in [6.07, 6.45) is 0. The SMILES string of the molecule is COc1ccc(-n2nnnc2C(Nc2ccccc2)c2cc3ccccc3n3nnnc23)cc1. The lowest BCUT2D eigenvalue weighted by Crippen LogP contribution is -2.19. The maximum Gasteiger partial charge on any atom is 0.185 e. The van der Waals surface area contributed by atoms with E-state index >= 15 is 0 Å². The Morgan fingerprint density at radius 3 is 2.41 bits per heavy atom. The second-order valence-corrected chi connectivity index (χ2v) is 7.66. The van der Waals surface area contributed by atoms with E-state index in [0.29, 0.717) is 11.5 Å². The number of tetrazole rings is 2. The highest BCUT2D eigenvalue weighted by Crippen LogP contribution is 2.31. The molecule has 6 aromatic rings. The maximum atomic E-state index is 5.29. The molecule has 0 bridgehead atoms. The Balaban J connectivity index is 1.56. The Hall–Kier alpha value is -4.86. The number of hydrogen-bond donors (Lipinski definition) is 1. The average molecular weight is 449 g/mol. The lowest BCUT2D eigenvalue weighted by atomic mass is 10.0. The molecule has 10 heteroatoms. The van der Waals surface area contributed by atoms with Gasteiger partial charge < -0.3 is 10.1 Å². The number of methoxy groups -OCH3 is 1. The molecule has 166 valence electrons. The molecule has 0 aliphatic rings. The van der Waals surface area contributed by atoms with Gasteiger partial charge >= 0.3 is 0 Å². The first-order valence-corrected chi connectivity index (χ1v) is 10.7. The van der Waals surface area contributed by atoms with Crippen molar-refractivity contribution in [2.75, 3.05) is 12.4 Å². The molecule has 0 saturated heterocycles. The highest BCUT2D eigenvalue weighted by molar-refractivity contribution is 5.83. The summed E-state index contributed by atoms with van der Waals surface area (Å²) in [5, 5.41) is 29.8. The number of fused-ring (bicyclic) bond motifs is 3. The molecule has 3 aromatic heterocycles. The molecule has 0 radical (unpaired) electrons. The molecule has 0 fully saturated rings. The largest absolute Gasteiger partial charge is 0.497 e. The van der Waals surface area contributed by atoms with Crippen molar-refractivity contribution in [1.82, 2.24) is 40.2 Å². The quantitative estimate of drug-likeness (QED) is 0.412. The van der Waals surface area contributed by atoms with Crippen LogP contribution in [0.25, 0.3) is 22.2 Å². The summed E-state index contributed by atoms with van der Waals surface area (Å²) in [6.45, 7) is 0. The van der Waals surface area contributed by atoms with Gasteiger partial charge in [0.1, 0.15) is 11.8 Å². The topological polar surface area (TPSA) is 108 Å². The van der Waals surface area contributed by atoms with Gasteiger partial charge in [0.05, 0.1) is 18.3 Å². The van der Waals surface area contributed by atoms with Crippen LogP contribution in [0, 0.1) is 0 Å². The van der Waals surface area contributed by atoms with E-state index in [2.05, 4.69) is 42.4 Å². The fourth-order valence-corrected chi connectivity index (χ4v) is 4.04. The standard InChI is InChI=1S/C24H19N9O/c1-34-19-13-11-18(12-14-19)32-24(27-29-30-32)22(25-17-8-3-2-4-9-17)20-15-16-7-5-6-10-21(16)33-23(20)26-28-31-33/h2-15,22,25H,1H3. The van der Waals surface area contributed by atoms with Crippen LogP contribution in [-0.2, 0) is 0 Å². The fraction of sp³-hybridized carbons (Fsp3) is 0.0833. The second kappa shape index (κ2) is 8.24. The predicted molar refractivity (Wildman–Crippen MR) is 126 cm³/mol. The van der Waals surface area contributed by atoms with Crippen molar-refractivity contribution in [1.29, 1.82) is 0 Å². The van der Waals surface area contributed by atoms with E-state index in [1.807, 2.05) is 78.9 Å². The van der Waals surface area contributed by atoms with Crippen LogP contribution in [0.1, 0.15) is 17.4 Å². The van der Waals surface area contributed by atoms with Crippen molar-refractivity contribution < 1.29 is 4.74 Å². The fourth-order valence-electron chi connectivity index (χ4n) is 4.04. The number of pyridine rings is 1. The monoisotopic (exact) mass is 449 g/mol. The Kier molecular flexibility index (Phi) is 4.80. The van der Waals surface area contributed by atoms with Gasteiger partial charge in [0.25, 0.3) is 0 Å². The summed E-state index contributed by atoms with van der Waals surface area (Å²) in [5.41, 5.74) is 4.10. The minimum Gasteiger partial charge on any atom is -0.497 e. The van der Waals surface area contributed by atoms with E-state index in [1.54, 1.807) is 16.3 Å². The highest BCUT2D eigenvalue weighted by Gasteiger charge is 2.26. The summed E-state index contributed by atoms with van der Waals surface area (Å²) < 4.78 is 8.74. The number of aromatic nitrogens is 8. The molecule has 1 unspecified atom stereocenters. The number of anilines is 1. The van der Waals surface area contributed by atoms with Crippen molar-refractivity contribution in [2.24, 2.45) is 0 Å². The Bertz CT molecular complexity index is 1580. The zero-order chi connectivity index (χ0) is 22.9. The third kappa shape index (κ3) is 3.37. The lowest BCUT2D eigenvalue weighted by Gasteiger charge is -2.20. The van der Waals surface area contributed by atoms with Crippen molar-refractivity contribution in [3.05, 3.63) is 96.3 Å².